The third kappa shape index (κ3) is 2.73. The van der Waals surface area contributed by atoms with Gasteiger partial charge in [0.2, 0.25) is 0 Å². The molecule has 1 aromatic rings. The molecule has 2 atom stereocenters. The second-order valence-electron chi connectivity index (χ2n) is 5.47. The first-order valence-electron chi connectivity index (χ1n) is 6.95. The van der Waals surface area contributed by atoms with Crippen LogP contribution in [-0.4, -0.2) is 23.7 Å². The molecule has 1 aromatic carbocycles. The molecule has 1 saturated heterocycles. The minimum atomic E-state index is -0.708. The van der Waals surface area contributed by atoms with Crippen LogP contribution in [-0.2, 0) is 4.79 Å². The Hall–Kier alpha value is -1.55. The van der Waals surface area contributed by atoms with Crippen LogP contribution < -0.4 is 10.1 Å². The highest BCUT2D eigenvalue weighted by atomic mass is 16.5. The molecule has 4 nitrogen and oxygen atoms in total. The first-order valence-corrected chi connectivity index (χ1v) is 6.95. The van der Waals surface area contributed by atoms with Gasteiger partial charge in [-0.1, -0.05) is 12.1 Å². The molecule has 0 radical (unpaired) electrons. The average molecular weight is 261 g/mol. The zero-order chi connectivity index (χ0) is 13.2. The number of carboxylic acids is 1. The first kappa shape index (κ1) is 12.5. The molecule has 2 N–H and O–H groups in total. The van der Waals surface area contributed by atoms with Crippen molar-refractivity contribution in [3.05, 3.63) is 29.8 Å². The summed E-state index contributed by atoms with van der Waals surface area (Å²) in [4.78, 5) is 10.9. The van der Waals surface area contributed by atoms with E-state index in [1.165, 1.54) is 6.42 Å². The predicted octanol–water partition coefficient (Wildman–Crippen LogP) is 2.35. The molecule has 19 heavy (non-hydrogen) atoms. The summed E-state index contributed by atoms with van der Waals surface area (Å²) < 4.78 is 5.81. The van der Waals surface area contributed by atoms with E-state index >= 15 is 0 Å². The highest BCUT2D eigenvalue weighted by Gasteiger charge is 2.30. The van der Waals surface area contributed by atoms with Crippen molar-refractivity contribution >= 4 is 5.97 Å². The largest absolute Gasteiger partial charge is 0.490 e. The van der Waals surface area contributed by atoms with E-state index in [1.54, 1.807) is 0 Å². The Kier molecular flexibility index (Phi) is 3.42. The average Bonchev–Trinajstić information content (AvgIpc) is 2.84. The summed E-state index contributed by atoms with van der Waals surface area (Å²) in [7, 11) is 0. The van der Waals surface area contributed by atoms with Gasteiger partial charge in [0.1, 0.15) is 5.75 Å². The fourth-order valence-electron chi connectivity index (χ4n) is 2.64. The van der Waals surface area contributed by atoms with E-state index in [4.69, 9.17) is 9.84 Å². The fourth-order valence-corrected chi connectivity index (χ4v) is 2.64. The SMILES string of the molecule is O=C(O)C1CNC(c2ccc(OC3CCC3)cc2)C1. The molecular weight excluding hydrogens is 242 g/mol. The van der Waals surface area contributed by atoms with Crippen molar-refractivity contribution in [2.45, 2.75) is 37.8 Å². The van der Waals surface area contributed by atoms with Crippen LogP contribution in [0, 0.1) is 5.92 Å². The highest BCUT2D eigenvalue weighted by molar-refractivity contribution is 5.70. The number of benzene rings is 1. The van der Waals surface area contributed by atoms with Gasteiger partial charge in [-0.25, -0.2) is 0 Å². The van der Waals surface area contributed by atoms with E-state index in [2.05, 4.69) is 5.32 Å². The number of ether oxygens (including phenoxy) is 1. The van der Waals surface area contributed by atoms with Gasteiger partial charge in [-0.15, -0.1) is 0 Å². The zero-order valence-corrected chi connectivity index (χ0v) is 10.8. The number of aliphatic carboxylic acids is 1. The molecule has 0 bridgehead atoms. The van der Waals surface area contributed by atoms with Crippen LogP contribution in [0.1, 0.15) is 37.3 Å². The van der Waals surface area contributed by atoms with Crippen LogP contribution in [0.2, 0.25) is 0 Å². The molecule has 0 aromatic heterocycles. The van der Waals surface area contributed by atoms with Crippen molar-refractivity contribution in [1.29, 1.82) is 0 Å². The zero-order valence-electron chi connectivity index (χ0n) is 10.8. The molecule has 1 saturated carbocycles. The van der Waals surface area contributed by atoms with Gasteiger partial charge in [0, 0.05) is 12.6 Å². The number of carboxylic acid groups (broad SMARTS) is 1. The number of rotatable bonds is 4. The molecule has 0 amide bonds. The van der Waals surface area contributed by atoms with Crippen molar-refractivity contribution < 1.29 is 14.6 Å². The third-order valence-electron chi connectivity index (χ3n) is 4.12. The monoisotopic (exact) mass is 261 g/mol. The van der Waals surface area contributed by atoms with Crippen LogP contribution in [0.4, 0.5) is 0 Å². The maximum atomic E-state index is 10.9. The molecule has 3 rings (SSSR count). The lowest BCUT2D eigenvalue weighted by Crippen LogP contribution is -2.24. The van der Waals surface area contributed by atoms with Crippen LogP contribution in [0.25, 0.3) is 0 Å². The summed E-state index contributed by atoms with van der Waals surface area (Å²) in [5, 5.41) is 12.3. The number of carbonyl (C=O) groups is 1. The fraction of sp³-hybridized carbons (Fsp3) is 0.533. The number of nitrogens with one attached hydrogen (secondary N) is 1. The van der Waals surface area contributed by atoms with Crippen LogP contribution in [0.5, 0.6) is 5.75 Å². The van der Waals surface area contributed by atoms with Crippen molar-refractivity contribution in [1.82, 2.24) is 5.32 Å². The normalized spacial score (nSPS) is 26.9. The smallest absolute Gasteiger partial charge is 0.307 e. The van der Waals surface area contributed by atoms with Gasteiger partial charge in [-0.2, -0.15) is 0 Å². The summed E-state index contributed by atoms with van der Waals surface area (Å²) >= 11 is 0. The molecule has 2 fully saturated rings. The Labute approximate surface area is 112 Å². The number of hydrogen-bond acceptors (Lipinski definition) is 3. The van der Waals surface area contributed by atoms with E-state index in [-0.39, 0.29) is 12.0 Å². The third-order valence-corrected chi connectivity index (χ3v) is 4.12. The predicted molar refractivity (Wildman–Crippen MR) is 71.2 cm³/mol. The van der Waals surface area contributed by atoms with Gasteiger partial charge < -0.3 is 15.2 Å². The van der Waals surface area contributed by atoms with Crippen molar-refractivity contribution in [2.24, 2.45) is 5.92 Å². The summed E-state index contributed by atoms with van der Waals surface area (Å²) in [6.45, 7) is 0.556. The Morgan fingerprint density at radius 3 is 2.53 bits per heavy atom. The molecule has 1 heterocycles. The van der Waals surface area contributed by atoms with Crippen molar-refractivity contribution in [2.75, 3.05) is 6.54 Å². The molecule has 4 heteroatoms. The molecule has 102 valence electrons. The van der Waals surface area contributed by atoms with Gasteiger partial charge in [0.15, 0.2) is 0 Å². The summed E-state index contributed by atoms with van der Waals surface area (Å²) in [6, 6.07) is 8.21. The lowest BCUT2D eigenvalue weighted by molar-refractivity contribution is -0.141. The first-order chi connectivity index (χ1) is 9.22. The van der Waals surface area contributed by atoms with Crippen LogP contribution in [0.3, 0.4) is 0 Å². The minimum Gasteiger partial charge on any atom is -0.490 e. The maximum absolute atomic E-state index is 10.9. The molecule has 0 spiro atoms. The van der Waals surface area contributed by atoms with Crippen LogP contribution in [0.15, 0.2) is 24.3 Å². The summed E-state index contributed by atoms with van der Waals surface area (Å²) in [5.74, 6) is -0.0583. The van der Waals surface area contributed by atoms with Gasteiger partial charge in [-0.3, -0.25) is 4.79 Å². The molecule has 1 aliphatic carbocycles. The minimum absolute atomic E-state index is 0.152. The molecular formula is C15H19NO3. The topological polar surface area (TPSA) is 58.6 Å². The quantitative estimate of drug-likeness (QED) is 0.873. The lowest BCUT2D eigenvalue weighted by atomic mass is 9.96. The van der Waals surface area contributed by atoms with E-state index in [0.29, 0.717) is 19.1 Å². The van der Waals surface area contributed by atoms with E-state index in [0.717, 1.165) is 24.2 Å². The van der Waals surface area contributed by atoms with Crippen molar-refractivity contribution in [3.8, 4) is 5.75 Å². The Balaban J connectivity index is 1.61. The van der Waals surface area contributed by atoms with Gasteiger partial charge in [0.05, 0.1) is 12.0 Å². The van der Waals surface area contributed by atoms with E-state index in [9.17, 15) is 4.79 Å². The molecule has 2 unspecified atom stereocenters. The Morgan fingerprint density at radius 1 is 1.26 bits per heavy atom. The summed E-state index contributed by atoms with van der Waals surface area (Å²) in [5.41, 5.74) is 1.14. The Bertz CT molecular complexity index is 453. The molecule has 1 aliphatic heterocycles. The summed E-state index contributed by atoms with van der Waals surface area (Å²) in [6.07, 6.45) is 4.65. The molecule has 2 aliphatic rings. The standard InChI is InChI=1S/C15H19NO3/c17-15(18)11-8-14(16-9-11)10-4-6-13(7-5-10)19-12-2-1-3-12/h4-7,11-12,14,16H,1-3,8-9H2,(H,17,18). The van der Waals surface area contributed by atoms with E-state index < -0.39 is 5.97 Å². The number of hydrogen-bond donors (Lipinski definition) is 2. The van der Waals surface area contributed by atoms with Gasteiger partial charge in [-0.05, 0) is 43.4 Å². The van der Waals surface area contributed by atoms with E-state index in [1.807, 2.05) is 24.3 Å². The highest BCUT2D eigenvalue weighted by Crippen LogP contribution is 2.30. The second-order valence-corrected chi connectivity index (χ2v) is 5.47. The lowest BCUT2D eigenvalue weighted by Gasteiger charge is -2.26. The van der Waals surface area contributed by atoms with Gasteiger partial charge >= 0.3 is 5.97 Å². The van der Waals surface area contributed by atoms with Gasteiger partial charge in [0.25, 0.3) is 0 Å². The maximum Gasteiger partial charge on any atom is 0.307 e. The van der Waals surface area contributed by atoms with Crippen molar-refractivity contribution in [3.63, 3.8) is 0 Å². The Morgan fingerprint density at radius 2 is 2.00 bits per heavy atom. The van der Waals surface area contributed by atoms with Crippen LogP contribution >= 0.6 is 0 Å². The second kappa shape index (κ2) is 5.21.